The van der Waals surface area contributed by atoms with Crippen LogP contribution in [0.15, 0.2) is 29.6 Å². The number of thiophene rings is 1. The zero-order valence-electron chi connectivity index (χ0n) is 12.1. The van der Waals surface area contributed by atoms with Crippen molar-refractivity contribution in [2.24, 2.45) is 5.92 Å². The largest absolute Gasteiger partial charge is 0.464 e. The van der Waals surface area contributed by atoms with Gasteiger partial charge in [-0.15, -0.1) is 11.3 Å². The van der Waals surface area contributed by atoms with E-state index in [-0.39, 0.29) is 25.6 Å². The van der Waals surface area contributed by atoms with Gasteiger partial charge in [0.25, 0.3) is 5.91 Å². The fraction of sp³-hybridized carbons (Fsp3) is 0.375. The van der Waals surface area contributed by atoms with Crippen molar-refractivity contribution in [2.75, 3.05) is 19.7 Å². The van der Waals surface area contributed by atoms with Crippen LogP contribution in [0.25, 0.3) is 10.1 Å². The lowest BCUT2D eigenvalue weighted by molar-refractivity contribution is -0.153. The molecule has 116 valence electrons. The van der Waals surface area contributed by atoms with Gasteiger partial charge in [0, 0.05) is 34.5 Å². The fourth-order valence-electron chi connectivity index (χ4n) is 2.59. The van der Waals surface area contributed by atoms with E-state index in [1.165, 1.54) is 11.3 Å². The van der Waals surface area contributed by atoms with Crippen molar-refractivity contribution in [3.8, 4) is 0 Å². The first-order chi connectivity index (χ1) is 10.6. The molecule has 1 fully saturated rings. The van der Waals surface area contributed by atoms with Crippen LogP contribution in [0.3, 0.4) is 0 Å². The Balaban J connectivity index is 1.65. The van der Waals surface area contributed by atoms with Crippen LogP contribution in [0, 0.1) is 5.92 Å². The zero-order chi connectivity index (χ0) is 15.7. The lowest BCUT2D eigenvalue weighted by Crippen LogP contribution is -2.55. The molecular weight excluding hydrogens is 305 g/mol. The van der Waals surface area contributed by atoms with Crippen molar-refractivity contribution in [3.05, 3.63) is 35.2 Å². The molecule has 1 aliphatic rings. The smallest absolute Gasteiger partial charge is 0.341 e. The number of amides is 1. The molecule has 1 amide bonds. The van der Waals surface area contributed by atoms with Crippen LogP contribution < -0.4 is 0 Å². The maximum absolute atomic E-state index is 13.9. The summed E-state index contributed by atoms with van der Waals surface area (Å²) in [5.41, 5.74) is 0.644. The van der Waals surface area contributed by atoms with Crippen LogP contribution in [-0.4, -0.2) is 42.6 Å². The predicted molar refractivity (Wildman–Crippen MR) is 82.7 cm³/mol. The third-order valence-electron chi connectivity index (χ3n) is 3.83. The summed E-state index contributed by atoms with van der Waals surface area (Å²) in [4.78, 5) is 25.4. The molecule has 0 N–H and O–H groups in total. The number of hydrogen-bond donors (Lipinski definition) is 0. The van der Waals surface area contributed by atoms with Crippen molar-refractivity contribution in [1.29, 1.82) is 0 Å². The molecule has 2 heterocycles. The number of esters is 1. The predicted octanol–water partition coefficient (Wildman–Crippen LogP) is 2.87. The Bertz CT molecular complexity index is 708. The van der Waals surface area contributed by atoms with Crippen molar-refractivity contribution in [3.63, 3.8) is 0 Å². The second-order valence-electron chi connectivity index (χ2n) is 5.27. The summed E-state index contributed by atoms with van der Waals surface area (Å²) in [5, 5.41) is 2.75. The minimum atomic E-state index is -1.65. The summed E-state index contributed by atoms with van der Waals surface area (Å²) < 4.78 is 19.6. The number of benzene rings is 1. The minimum Gasteiger partial charge on any atom is -0.464 e. The summed E-state index contributed by atoms with van der Waals surface area (Å²) in [5.74, 6) is -1.40. The number of carbonyl (C=O) groups excluding carboxylic acids is 2. The summed E-state index contributed by atoms with van der Waals surface area (Å²) in [7, 11) is 0. The van der Waals surface area contributed by atoms with Crippen LogP contribution in [-0.2, 0) is 9.53 Å². The highest BCUT2D eigenvalue weighted by Crippen LogP contribution is 2.30. The second-order valence-corrected chi connectivity index (χ2v) is 6.18. The summed E-state index contributed by atoms with van der Waals surface area (Å²) in [6.45, 7) is 2.31. The van der Waals surface area contributed by atoms with Gasteiger partial charge in [0.05, 0.1) is 12.2 Å². The highest BCUT2D eigenvalue weighted by Gasteiger charge is 2.41. The van der Waals surface area contributed by atoms with Gasteiger partial charge in [-0.1, -0.05) is 18.2 Å². The fourth-order valence-corrected chi connectivity index (χ4v) is 3.53. The zero-order valence-corrected chi connectivity index (χ0v) is 12.9. The van der Waals surface area contributed by atoms with Crippen LogP contribution >= 0.6 is 11.3 Å². The van der Waals surface area contributed by atoms with E-state index >= 15 is 0 Å². The second kappa shape index (κ2) is 6.04. The standard InChI is InChI=1S/C16H16FNO3S/c1-2-21-16(20)14(17)10-7-18(8-10)15(19)12-9-22-13-6-4-3-5-11(12)13/h3-6,9-10,14H,2,7-8H2,1H3. The Hall–Kier alpha value is -1.95. The normalized spacial score (nSPS) is 16.4. The monoisotopic (exact) mass is 321 g/mol. The molecule has 0 spiro atoms. The number of nitrogens with zero attached hydrogens (tertiary/aromatic N) is 1. The number of fused-ring (bicyclic) bond motifs is 1. The van der Waals surface area contributed by atoms with Gasteiger partial charge in [0.2, 0.25) is 6.17 Å². The van der Waals surface area contributed by atoms with E-state index in [2.05, 4.69) is 4.74 Å². The Morgan fingerprint density at radius 3 is 2.86 bits per heavy atom. The molecule has 1 saturated heterocycles. The van der Waals surface area contributed by atoms with E-state index in [1.807, 2.05) is 29.6 Å². The number of ether oxygens (including phenoxy) is 1. The number of hydrogen-bond acceptors (Lipinski definition) is 4. The van der Waals surface area contributed by atoms with Gasteiger partial charge >= 0.3 is 5.97 Å². The average Bonchev–Trinajstić information content (AvgIpc) is 2.89. The van der Waals surface area contributed by atoms with Gasteiger partial charge in [-0.25, -0.2) is 9.18 Å². The maximum atomic E-state index is 13.9. The first-order valence-corrected chi connectivity index (χ1v) is 8.06. The van der Waals surface area contributed by atoms with E-state index in [9.17, 15) is 14.0 Å². The molecule has 0 radical (unpaired) electrons. The Kier molecular flexibility index (Phi) is 4.11. The molecule has 1 aromatic heterocycles. The van der Waals surface area contributed by atoms with Crippen molar-refractivity contribution < 1.29 is 18.7 Å². The molecule has 4 nitrogen and oxygen atoms in total. The molecule has 1 aliphatic heterocycles. The number of alkyl halides is 1. The third kappa shape index (κ3) is 2.59. The number of halogens is 1. The van der Waals surface area contributed by atoms with Crippen LogP contribution in [0.2, 0.25) is 0 Å². The van der Waals surface area contributed by atoms with Crippen molar-refractivity contribution in [2.45, 2.75) is 13.1 Å². The minimum absolute atomic E-state index is 0.107. The van der Waals surface area contributed by atoms with E-state index < -0.39 is 18.1 Å². The Morgan fingerprint density at radius 1 is 1.41 bits per heavy atom. The average molecular weight is 321 g/mol. The molecule has 6 heteroatoms. The molecule has 0 bridgehead atoms. The van der Waals surface area contributed by atoms with Gasteiger partial charge < -0.3 is 9.64 Å². The molecule has 22 heavy (non-hydrogen) atoms. The molecule has 2 aromatic rings. The molecule has 1 unspecified atom stereocenters. The molecule has 0 saturated carbocycles. The molecule has 3 rings (SSSR count). The van der Waals surface area contributed by atoms with Crippen LogP contribution in [0.1, 0.15) is 17.3 Å². The summed E-state index contributed by atoms with van der Waals surface area (Å²) in [6, 6.07) is 7.70. The van der Waals surface area contributed by atoms with E-state index in [4.69, 9.17) is 0 Å². The van der Waals surface area contributed by atoms with Crippen molar-refractivity contribution in [1.82, 2.24) is 4.90 Å². The quantitative estimate of drug-likeness (QED) is 0.814. The van der Waals surface area contributed by atoms with Gasteiger partial charge in [-0.3, -0.25) is 4.79 Å². The first-order valence-electron chi connectivity index (χ1n) is 7.18. The van der Waals surface area contributed by atoms with E-state index in [0.717, 1.165) is 10.1 Å². The maximum Gasteiger partial charge on any atom is 0.341 e. The van der Waals surface area contributed by atoms with Crippen molar-refractivity contribution >= 4 is 33.3 Å². The highest BCUT2D eigenvalue weighted by molar-refractivity contribution is 7.17. The Morgan fingerprint density at radius 2 is 2.14 bits per heavy atom. The Labute approximate surface area is 131 Å². The van der Waals surface area contributed by atoms with E-state index in [0.29, 0.717) is 5.56 Å². The summed E-state index contributed by atoms with van der Waals surface area (Å²) >= 11 is 1.52. The van der Waals surface area contributed by atoms with E-state index in [1.54, 1.807) is 11.8 Å². The molecule has 1 atom stereocenters. The lowest BCUT2D eigenvalue weighted by Gasteiger charge is -2.40. The number of rotatable bonds is 4. The molecule has 1 aromatic carbocycles. The SMILES string of the molecule is CCOC(=O)C(F)C1CN(C(=O)c2csc3ccccc23)C1. The van der Waals surface area contributed by atoms with Crippen LogP contribution in [0.4, 0.5) is 4.39 Å². The number of carbonyl (C=O) groups is 2. The van der Waals surface area contributed by atoms with Gasteiger partial charge in [0.15, 0.2) is 0 Å². The lowest BCUT2D eigenvalue weighted by atomic mass is 9.93. The number of likely N-dealkylation sites (tertiary alicyclic amines) is 1. The van der Waals surface area contributed by atoms with Gasteiger partial charge in [0.1, 0.15) is 0 Å². The highest BCUT2D eigenvalue weighted by atomic mass is 32.1. The van der Waals surface area contributed by atoms with Gasteiger partial charge in [-0.05, 0) is 13.0 Å². The third-order valence-corrected chi connectivity index (χ3v) is 4.80. The van der Waals surface area contributed by atoms with Crippen LogP contribution in [0.5, 0.6) is 0 Å². The van der Waals surface area contributed by atoms with Gasteiger partial charge in [-0.2, -0.15) is 0 Å². The topological polar surface area (TPSA) is 46.6 Å². The summed E-state index contributed by atoms with van der Waals surface area (Å²) in [6.07, 6.45) is -1.65. The molecule has 0 aliphatic carbocycles. The first kappa shape index (κ1) is 15.0. The molecular formula is C16H16FNO3S.